The molecule has 4 rings (SSSR count). The van der Waals surface area contributed by atoms with E-state index in [4.69, 9.17) is 23.2 Å². The number of fused-ring (bicyclic) bond motifs is 1. The Kier molecular flexibility index (Phi) is 5.29. The van der Waals surface area contributed by atoms with Crippen LogP contribution in [0.3, 0.4) is 0 Å². The van der Waals surface area contributed by atoms with E-state index < -0.39 is 5.91 Å². The maximum Gasteiger partial charge on any atom is 0.289 e. The number of amides is 1. The van der Waals surface area contributed by atoms with Crippen LogP contribution in [0.4, 0.5) is 0 Å². The fourth-order valence-electron chi connectivity index (χ4n) is 2.84. The van der Waals surface area contributed by atoms with Crippen LogP contribution < -0.4 is 5.43 Å². The van der Waals surface area contributed by atoms with Gasteiger partial charge in [-0.2, -0.15) is 10.2 Å². The maximum absolute atomic E-state index is 12.4. The number of carbonyl (C=O) groups excluding carboxylic acids is 1. The van der Waals surface area contributed by atoms with Crippen molar-refractivity contribution in [1.29, 1.82) is 0 Å². The minimum atomic E-state index is -0.414. The fourth-order valence-corrected chi connectivity index (χ4v) is 3.35. The minimum Gasteiger partial charge on any atom is -0.266 e. The average Bonchev–Trinajstić information content (AvgIpc) is 3.01. The zero-order valence-corrected chi connectivity index (χ0v) is 16.8. The van der Waals surface area contributed by atoms with E-state index in [2.05, 4.69) is 20.6 Å². The summed E-state index contributed by atoms with van der Waals surface area (Å²) in [5, 5.41) is 10.3. The lowest BCUT2D eigenvalue weighted by molar-refractivity contribution is 0.0950. The van der Waals surface area contributed by atoms with Crippen molar-refractivity contribution in [3.8, 4) is 5.69 Å². The number of pyridine rings is 1. The van der Waals surface area contributed by atoms with Gasteiger partial charge in [-0.05, 0) is 37.3 Å². The molecule has 6 nitrogen and oxygen atoms in total. The molecule has 144 valence electrons. The molecule has 2 heterocycles. The van der Waals surface area contributed by atoms with Gasteiger partial charge in [0, 0.05) is 10.4 Å². The zero-order valence-electron chi connectivity index (χ0n) is 15.3. The molecule has 0 unspecified atom stereocenters. The lowest BCUT2D eigenvalue weighted by Crippen LogP contribution is -2.19. The predicted octanol–water partition coefficient (Wildman–Crippen LogP) is 4.80. The van der Waals surface area contributed by atoms with Gasteiger partial charge in [-0.15, -0.1) is 0 Å². The first kappa shape index (κ1) is 19.1. The van der Waals surface area contributed by atoms with Crippen LogP contribution in [0, 0.1) is 6.92 Å². The van der Waals surface area contributed by atoms with Gasteiger partial charge in [-0.3, -0.25) is 4.79 Å². The van der Waals surface area contributed by atoms with Gasteiger partial charge >= 0.3 is 0 Å². The standard InChI is InChI=1S/C21H15Cl2N5O/c1-13-17(20(23)28(27-13)16-7-4-6-15(22)11-16)12-24-26-21(29)19-10-9-14-5-2-3-8-18(14)25-19/h2-12H,1H3,(H,26,29)/b24-12+. The summed E-state index contributed by atoms with van der Waals surface area (Å²) in [4.78, 5) is 16.7. The van der Waals surface area contributed by atoms with Gasteiger partial charge in [-0.25, -0.2) is 15.1 Å². The summed E-state index contributed by atoms with van der Waals surface area (Å²) in [6.07, 6.45) is 1.46. The molecule has 0 saturated heterocycles. The summed E-state index contributed by atoms with van der Waals surface area (Å²) in [7, 11) is 0. The number of nitrogens with zero attached hydrogens (tertiary/aromatic N) is 4. The molecule has 0 radical (unpaired) electrons. The fraction of sp³-hybridized carbons (Fsp3) is 0.0476. The lowest BCUT2D eigenvalue weighted by atomic mass is 10.2. The SMILES string of the molecule is Cc1nn(-c2cccc(Cl)c2)c(Cl)c1/C=N/NC(=O)c1ccc2ccccc2n1. The van der Waals surface area contributed by atoms with Crippen molar-refractivity contribution in [2.75, 3.05) is 0 Å². The Hall–Kier alpha value is -3.22. The van der Waals surface area contributed by atoms with Crippen molar-refractivity contribution in [2.24, 2.45) is 5.10 Å². The Bertz CT molecular complexity index is 1250. The second-order valence-electron chi connectivity index (χ2n) is 6.27. The number of nitrogens with one attached hydrogen (secondary N) is 1. The number of halogens is 2. The summed E-state index contributed by atoms with van der Waals surface area (Å²) in [5.74, 6) is -0.414. The van der Waals surface area contributed by atoms with Gasteiger partial charge in [0.05, 0.1) is 28.7 Å². The summed E-state index contributed by atoms with van der Waals surface area (Å²) in [5.41, 5.74) is 5.48. The molecule has 8 heteroatoms. The molecule has 0 aliphatic heterocycles. The van der Waals surface area contributed by atoms with Crippen molar-refractivity contribution in [2.45, 2.75) is 6.92 Å². The number of hydrazone groups is 1. The third kappa shape index (κ3) is 3.99. The number of rotatable bonds is 4. The van der Waals surface area contributed by atoms with E-state index in [1.165, 1.54) is 6.21 Å². The second-order valence-corrected chi connectivity index (χ2v) is 7.06. The van der Waals surface area contributed by atoms with E-state index in [0.29, 0.717) is 21.4 Å². The second kappa shape index (κ2) is 8.03. The van der Waals surface area contributed by atoms with Gasteiger partial charge < -0.3 is 0 Å². The molecule has 2 aromatic heterocycles. The first-order chi connectivity index (χ1) is 14.0. The van der Waals surface area contributed by atoms with E-state index in [1.54, 1.807) is 29.8 Å². The Balaban J connectivity index is 1.54. The number of aromatic nitrogens is 3. The Morgan fingerprint density at radius 2 is 1.93 bits per heavy atom. The van der Waals surface area contributed by atoms with E-state index in [9.17, 15) is 4.79 Å². The molecule has 0 saturated carbocycles. The molecule has 0 atom stereocenters. The van der Waals surface area contributed by atoms with E-state index >= 15 is 0 Å². The van der Waals surface area contributed by atoms with E-state index in [0.717, 1.165) is 16.6 Å². The van der Waals surface area contributed by atoms with Crippen LogP contribution in [0.5, 0.6) is 0 Å². The van der Waals surface area contributed by atoms with E-state index in [1.807, 2.05) is 42.5 Å². The van der Waals surface area contributed by atoms with Gasteiger partial charge in [0.15, 0.2) is 0 Å². The van der Waals surface area contributed by atoms with Gasteiger partial charge in [-0.1, -0.05) is 53.5 Å². The van der Waals surface area contributed by atoms with E-state index in [-0.39, 0.29) is 5.69 Å². The van der Waals surface area contributed by atoms with Crippen LogP contribution in [-0.2, 0) is 0 Å². The number of benzene rings is 2. The van der Waals surface area contributed by atoms with Gasteiger partial charge in [0.2, 0.25) is 0 Å². The molecule has 1 N–H and O–H groups in total. The van der Waals surface area contributed by atoms with Crippen LogP contribution in [0.2, 0.25) is 10.2 Å². The summed E-state index contributed by atoms with van der Waals surface area (Å²) < 4.78 is 1.57. The monoisotopic (exact) mass is 423 g/mol. The molecule has 0 bridgehead atoms. The highest BCUT2D eigenvalue weighted by molar-refractivity contribution is 6.32. The quantitative estimate of drug-likeness (QED) is 0.378. The first-order valence-electron chi connectivity index (χ1n) is 8.73. The number of hydrogen-bond donors (Lipinski definition) is 1. The number of para-hydroxylation sites is 1. The molecule has 0 fully saturated rings. The molecule has 1 amide bonds. The molecule has 0 spiro atoms. The van der Waals surface area contributed by atoms with Crippen LogP contribution in [0.15, 0.2) is 65.8 Å². The third-order valence-corrected chi connectivity index (χ3v) is 4.89. The Labute approximate surface area is 176 Å². The topological polar surface area (TPSA) is 72.2 Å². The number of hydrogen-bond acceptors (Lipinski definition) is 4. The lowest BCUT2D eigenvalue weighted by Gasteiger charge is -2.03. The van der Waals surface area contributed by atoms with Gasteiger partial charge in [0.1, 0.15) is 10.8 Å². The number of aryl methyl sites for hydroxylation is 1. The van der Waals surface area contributed by atoms with Crippen molar-refractivity contribution in [3.63, 3.8) is 0 Å². The van der Waals surface area contributed by atoms with Crippen LogP contribution >= 0.6 is 23.2 Å². The highest BCUT2D eigenvalue weighted by Gasteiger charge is 2.14. The molecule has 2 aromatic carbocycles. The molecular weight excluding hydrogens is 409 g/mol. The largest absolute Gasteiger partial charge is 0.289 e. The molecule has 29 heavy (non-hydrogen) atoms. The maximum atomic E-state index is 12.4. The Morgan fingerprint density at radius 3 is 2.76 bits per heavy atom. The van der Waals surface area contributed by atoms with Crippen molar-refractivity contribution < 1.29 is 4.79 Å². The molecular formula is C21H15Cl2N5O. The van der Waals surface area contributed by atoms with Crippen molar-refractivity contribution in [1.82, 2.24) is 20.2 Å². The summed E-state index contributed by atoms with van der Waals surface area (Å²) >= 11 is 12.5. The predicted molar refractivity (Wildman–Crippen MR) is 115 cm³/mol. The minimum absolute atomic E-state index is 0.276. The average molecular weight is 424 g/mol. The molecule has 0 aliphatic rings. The molecule has 4 aromatic rings. The normalized spacial score (nSPS) is 11.3. The smallest absolute Gasteiger partial charge is 0.266 e. The van der Waals surface area contributed by atoms with Crippen LogP contribution in [0.25, 0.3) is 16.6 Å². The number of carbonyl (C=O) groups is 1. The van der Waals surface area contributed by atoms with Crippen LogP contribution in [0.1, 0.15) is 21.7 Å². The molecule has 0 aliphatic carbocycles. The highest BCUT2D eigenvalue weighted by atomic mass is 35.5. The van der Waals surface area contributed by atoms with Gasteiger partial charge in [0.25, 0.3) is 5.91 Å². The third-order valence-electron chi connectivity index (χ3n) is 4.29. The Morgan fingerprint density at radius 1 is 1.10 bits per heavy atom. The van der Waals surface area contributed by atoms with Crippen molar-refractivity contribution >= 4 is 46.2 Å². The zero-order chi connectivity index (χ0) is 20.4. The van der Waals surface area contributed by atoms with Crippen LogP contribution in [-0.4, -0.2) is 26.9 Å². The highest BCUT2D eigenvalue weighted by Crippen LogP contribution is 2.23. The first-order valence-corrected chi connectivity index (χ1v) is 9.49. The van der Waals surface area contributed by atoms with Crippen molar-refractivity contribution in [3.05, 3.63) is 87.8 Å². The summed E-state index contributed by atoms with van der Waals surface area (Å²) in [6, 6.07) is 18.3. The summed E-state index contributed by atoms with van der Waals surface area (Å²) in [6.45, 7) is 1.81.